The fourth-order valence-electron chi connectivity index (χ4n) is 1.78. The number of nitrogens with zero attached hydrogens (tertiary/aromatic N) is 1. The molecular formula is C14H14N2O4. The largest absolute Gasteiger partial charge is 0.508 e. The van der Waals surface area contributed by atoms with Crippen molar-refractivity contribution in [2.24, 2.45) is 0 Å². The number of aromatic hydroxyl groups is 2. The molecule has 0 aliphatic rings. The number of hydrogen-bond acceptors (Lipinski definition) is 5. The minimum atomic E-state index is -0.439. The molecule has 0 radical (unpaired) electrons. The van der Waals surface area contributed by atoms with Gasteiger partial charge in [-0.3, -0.25) is 10.1 Å². The summed E-state index contributed by atoms with van der Waals surface area (Å²) in [4.78, 5) is 10.1. The van der Waals surface area contributed by atoms with Crippen LogP contribution in [-0.2, 0) is 13.1 Å². The molecule has 0 amide bonds. The Kier molecular flexibility index (Phi) is 4.17. The lowest BCUT2D eigenvalue weighted by molar-refractivity contribution is -0.384. The summed E-state index contributed by atoms with van der Waals surface area (Å²) in [5, 5.41) is 32.4. The van der Waals surface area contributed by atoms with E-state index in [0.717, 1.165) is 5.56 Å². The topological polar surface area (TPSA) is 95.6 Å². The third-order valence-corrected chi connectivity index (χ3v) is 2.86. The first-order valence-corrected chi connectivity index (χ1v) is 6.01. The zero-order valence-corrected chi connectivity index (χ0v) is 10.6. The monoisotopic (exact) mass is 274 g/mol. The van der Waals surface area contributed by atoms with Crippen molar-refractivity contribution < 1.29 is 15.1 Å². The molecule has 0 spiro atoms. The summed E-state index contributed by atoms with van der Waals surface area (Å²) in [5.74, 6) is 0.0443. The minimum absolute atomic E-state index is 0.0154. The highest BCUT2D eigenvalue weighted by atomic mass is 16.6. The van der Waals surface area contributed by atoms with Crippen LogP contribution < -0.4 is 5.32 Å². The van der Waals surface area contributed by atoms with Crippen LogP contribution in [0.2, 0.25) is 0 Å². The Morgan fingerprint density at radius 1 is 1.05 bits per heavy atom. The predicted octanol–water partition coefficient (Wildman–Crippen LogP) is 2.30. The lowest BCUT2D eigenvalue weighted by Gasteiger charge is -2.07. The van der Waals surface area contributed by atoms with Gasteiger partial charge in [-0.05, 0) is 11.6 Å². The Morgan fingerprint density at radius 3 is 2.35 bits per heavy atom. The number of nitrogens with one attached hydrogen (secondary N) is 1. The first kappa shape index (κ1) is 13.8. The van der Waals surface area contributed by atoms with Gasteiger partial charge in [-0.2, -0.15) is 0 Å². The second kappa shape index (κ2) is 6.03. The molecule has 0 aliphatic heterocycles. The number of non-ortho nitro benzene ring substituents is 1. The number of benzene rings is 2. The quantitative estimate of drug-likeness (QED) is 0.574. The maximum absolute atomic E-state index is 10.5. The summed E-state index contributed by atoms with van der Waals surface area (Å²) in [7, 11) is 0. The molecule has 2 rings (SSSR count). The van der Waals surface area contributed by atoms with Gasteiger partial charge in [0.2, 0.25) is 0 Å². The molecule has 0 aliphatic carbocycles. The van der Waals surface area contributed by atoms with Crippen molar-refractivity contribution in [1.82, 2.24) is 5.32 Å². The van der Waals surface area contributed by atoms with Crippen molar-refractivity contribution in [2.45, 2.75) is 13.1 Å². The Morgan fingerprint density at radius 2 is 1.75 bits per heavy atom. The van der Waals surface area contributed by atoms with Crippen molar-refractivity contribution in [1.29, 1.82) is 0 Å². The van der Waals surface area contributed by atoms with Crippen molar-refractivity contribution >= 4 is 5.69 Å². The first-order valence-electron chi connectivity index (χ1n) is 6.01. The molecule has 0 bridgehead atoms. The summed E-state index contributed by atoms with van der Waals surface area (Å²) >= 11 is 0. The van der Waals surface area contributed by atoms with Crippen LogP contribution in [0.3, 0.4) is 0 Å². The number of hydrogen-bond donors (Lipinski definition) is 3. The van der Waals surface area contributed by atoms with E-state index in [-0.39, 0.29) is 17.2 Å². The lowest BCUT2D eigenvalue weighted by Crippen LogP contribution is -2.12. The van der Waals surface area contributed by atoms with Gasteiger partial charge in [0, 0.05) is 36.9 Å². The molecule has 2 aromatic carbocycles. The summed E-state index contributed by atoms with van der Waals surface area (Å²) in [6.45, 7) is 0.960. The number of nitro groups is 1. The third kappa shape index (κ3) is 3.46. The molecule has 2 aromatic rings. The summed E-state index contributed by atoms with van der Waals surface area (Å²) in [6.07, 6.45) is 0. The molecule has 6 nitrogen and oxygen atoms in total. The fraction of sp³-hybridized carbons (Fsp3) is 0.143. The van der Waals surface area contributed by atoms with E-state index >= 15 is 0 Å². The Balaban J connectivity index is 1.91. The van der Waals surface area contributed by atoms with Gasteiger partial charge in [0.15, 0.2) is 0 Å². The maximum atomic E-state index is 10.5. The van der Waals surface area contributed by atoms with Gasteiger partial charge in [-0.15, -0.1) is 0 Å². The van der Waals surface area contributed by atoms with E-state index in [1.807, 2.05) is 0 Å². The second-order valence-corrected chi connectivity index (χ2v) is 4.34. The molecule has 0 heterocycles. The summed E-state index contributed by atoms with van der Waals surface area (Å²) < 4.78 is 0. The highest BCUT2D eigenvalue weighted by Gasteiger charge is 2.05. The SMILES string of the molecule is O=[N+]([O-])c1ccc(CNCc2ccc(O)cc2O)cc1. The Labute approximate surface area is 115 Å². The average molecular weight is 274 g/mol. The molecule has 0 fully saturated rings. The van der Waals surface area contributed by atoms with E-state index in [1.165, 1.54) is 24.3 Å². The Hall–Kier alpha value is -2.60. The average Bonchev–Trinajstić information content (AvgIpc) is 2.42. The highest BCUT2D eigenvalue weighted by molar-refractivity contribution is 5.39. The van der Waals surface area contributed by atoms with Crippen LogP contribution in [0.15, 0.2) is 42.5 Å². The van der Waals surface area contributed by atoms with Crippen LogP contribution in [-0.4, -0.2) is 15.1 Å². The predicted molar refractivity (Wildman–Crippen MR) is 73.4 cm³/mol. The zero-order chi connectivity index (χ0) is 14.5. The molecule has 0 atom stereocenters. The zero-order valence-electron chi connectivity index (χ0n) is 10.6. The third-order valence-electron chi connectivity index (χ3n) is 2.86. The van der Waals surface area contributed by atoms with Crippen LogP contribution in [0.1, 0.15) is 11.1 Å². The number of nitro benzene ring substituents is 1. The van der Waals surface area contributed by atoms with Crippen molar-refractivity contribution in [2.75, 3.05) is 0 Å². The smallest absolute Gasteiger partial charge is 0.269 e. The summed E-state index contributed by atoms with van der Waals surface area (Å²) in [5.41, 5.74) is 1.64. The van der Waals surface area contributed by atoms with E-state index < -0.39 is 4.92 Å². The molecule has 3 N–H and O–H groups in total. The lowest BCUT2D eigenvalue weighted by atomic mass is 10.1. The molecule has 0 saturated heterocycles. The highest BCUT2D eigenvalue weighted by Crippen LogP contribution is 2.22. The molecule has 0 unspecified atom stereocenters. The van der Waals surface area contributed by atoms with E-state index in [9.17, 15) is 20.3 Å². The van der Waals surface area contributed by atoms with E-state index in [2.05, 4.69) is 5.32 Å². The normalized spacial score (nSPS) is 10.4. The van der Waals surface area contributed by atoms with Crippen LogP contribution in [0.5, 0.6) is 11.5 Å². The number of phenolic OH excluding ortho intramolecular Hbond substituents is 2. The van der Waals surface area contributed by atoms with Gasteiger partial charge in [-0.25, -0.2) is 0 Å². The first-order chi connectivity index (χ1) is 9.56. The van der Waals surface area contributed by atoms with E-state index in [4.69, 9.17) is 0 Å². The molecule has 0 aromatic heterocycles. The van der Waals surface area contributed by atoms with E-state index in [1.54, 1.807) is 18.2 Å². The molecular weight excluding hydrogens is 260 g/mol. The van der Waals surface area contributed by atoms with Gasteiger partial charge in [0.1, 0.15) is 11.5 Å². The van der Waals surface area contributed by atoms with Gasteiger partial charge >= 0.3 is 0 Å². The maximum Gasteiger partial charge on any atom is 0.269 e. The number of phenols is 2. The van der Waals surface area contributed by atoms with Gasteiger partial charge in [0.05, 0.1) is 4.92 Å². The van der Waals surface area contributed by atoms with Crippen LogP contribution >= 0.6 is 0 Å². The standard InChI is InChI=1S/C14H14N2O4/c17-13-6-3-11(14(18)7-13)9-15-8-10-1-4-12(5-2-10)16(19)20/h1-7,15,17-18H,8-9H2. The Bertz CT molecular complexity index is 611. The molecule has 0 saturated carbocycles. The van der Waals surface area contributed by atoms with Crippen molar-refractivity contribution in [3.63, 3.8) is 0 Å². The van der Waals surface area contributed by atoms with Crippen LogP contribution in [0.4, 0.5) is 5.69 Å². The molecule has 6 heteroatoms. The van der Waals surface area contributed by atoms with Gasteiger partial charge < -0.3 is 15.5 Å². The molecule has 20 heavy (non-hydrogen) atoms. The van der Waals surface area contributed by atoms with Crippen LogP contribution in [0, 0.1) is 10.1 Å². The second-order valence-electron chi connectivity index (χ2n) is 4.34. The van der Waals surface area contributed by atoms with E-state index in [0.29, 0.717) is 18.7 Å². The van der Waals surface area contributed by atoms with Crippen LogP contribution in [0.25, 0.3) is 0 Å². The fourth-order valence-corrected chi connectivity index (χ4v) is 1.78. The summed E-state index contributed by atoms with van der Waals surface area (Å²) in [6, 6.07) is 10.7. The minimum Gasteiger partial charge on any atom is -0.508 e. The molecule has 104 valence electrons. The van der Waals surface area contributed by atoms with Gasteiger partial charge in [-0.1, -0.05) is 18.2 Å². The van der Waals surface area contributed by atoms with Gasteiger partial charge in [0.25, 0.3) is 5.69 Å². The van der Waals surface area contributed by atoms with Crippen molar-refractivity contribution in [3.8, 4) is 11.5 Å². The number of rotatable bonds is 5. The van der Waals surface area contributed by atoms with Crippen molar-refractivity contribution in [3.05, 3.63) is 63.7 Å².